The summed E-state index contributed by atoms with van der Waals surface area (Å²) < 4.78 is 0. The molecule has 1 aromatic rings. The number of carbonyl (C=O) groups excluding carboxylic acids is 1. The Morgan fingerprint density at radius 1 is 1.00 bits per heavy atom. The molecule has 1 heteroatoms. The van der Waals surface area contributed by atoms with E-state index in [0.717, 1.165) is 37.7 Å². The third kappa shape index (κ3) is 3.99. The van der Waals surface area contributed by atoms with E-state index in [1.54, 1.807) is 0 Å². The van der Waals surface area contributed by atoms with Crippen LogP contribution in [0, 0.1) is 5.92 Å². The lowest BCUT2D eigenvalue weighted by molar-refractivity contribution is 0.0905. The molecule has 1 rings (SSSR count). The van der Waals surface area contributed by atoms with Gasteiger partial charge in [0, 0.05) is 11.5 Å². The molecule has 0 radical (unpaired) electrons. The summed E-state index contributed by atoms with van der Waals surface area (Å²) in [5, 5.41) is 0. The van der Waals surface area contributed by atoms with Crippen LogP contribution in [-0.2, 0) is 6.42 Å². The number of ketones is 1. The van der Waals surface area contributed by atoms with Crippen molar-refractivity contribution >= 4 is 5.78 Å². The minimum Gasteiger partial charge on any atom is -0.294 e. The second-order valence-corrected chi connectivity index (χ2v) is 4.69. The molecule has 0 spiro atoms. The molecular weight excluding hydrogens is 208 g/mol. The molecule has 0 aliphatic heterocycles. The van der Waals surface area contributed by atoms with Crippen LogP contribution >= 0.6 is 0 Å². The summed E-state index contributed by atoms with van der Waals surface area (Å²) in [5.41, 5.74) is 2.18. The molecule has 1 aromatic carbocycles. The molecule has 0 amide bonds. The molecule has 0 N–H and O–H groups in total. The van der Waals surface area contributed by atoms with Gasteiger partial charge in [-0.3, -0.25) is 4.79 Å². The molecule has 94 valence electrons. The largest absolute Gasteiger partial charge is 0.294 e. The third-order valence-corrected chi connectivity index (χ3v) is 3.29. The lowest BCUT2D eigenvalue weighted by Gasteiger charge is -2.14. The summed E-state index contributed by atoms with van der Waals surface area (Å²) >= 11 is 0. The molecule has 0 aliphatic rings. The molecule has 0 atom stereocenters. The molecule has 0 aliphatic carbocycles. The first-order chi connectivity index (χ1) is 8.22. The lowest BCUT2D eigenvalue weighted by atomic mass is 9.89. The minimum absolute atomic E-state index is 0.220. The fourth-order valence-electron chi connectivity index (χ4n) is 2.24. The maximum Gasteiger partial charge on any atom is 0.165 e. The van der Waals surface area contributed by atoms with Crippen LogP contribution in [-0.4, -0.2) is 5.78 Å². The van der Waals surface area contributed by atoms with Gasteiger partial charge in [0.15, 0.2) is 5.78 Å². The summed E-state index contributed by atoms with van der Waals surface area (Å²) in [6.07, 6.45) is 5.24. The van der Waals surface area contributed by atoms with Crippen LogP contribution in [0.5, 0.6) is 0 Å². The maximum atomic E-state index is 12.3. The maximum absolute atomic E-state index is 12.3. The van der Waals surface area contributed by atoms with Crippen molar-refractivity contribution < 1.29 is 4.79 Å². The van der Waals surface area contributed by atoms with Crippen LogP contribution in [0.1, 0.15) is 62.4 Å². The van der Waals surface area contributed by atoms with Crippen molar-refractivity contribution in [2.24, 2.45) is 5.92 Å². The van der Waals surface area contributed by atoms with E-state index in [-0.39, 0.29) is 5.92 Å². The second kappa shape index (κ2) is 7.26. The Labute approximate surface area is 105 Å². The van der Waals surface area contributed by atoms with Crippen LogP contribution in [0.2, 0.25) is 0 Å². The van der Waals surface area contributed by atoms with Gasteiger partial charge in [-0.05, 0) is 24.8 Å². The van der Waals surface area contributed by atoms with Crippen molar-refractivity contribution in [1.29, 1.82) is 0 Å². The van der Waals surface area contributed by atoms with Gasteiger partial charge >= 0.3 is 0 Å². The van der Waals surface area contributed by atoms with Crippen LogP contribution in [0.25, 0.3) is 0 Å². The summed E-state index contributed by atoms with van der Waals surface area (Å²) in [7, 11) is 0. The summed E-state index contributed by atoms with van der Waals surface area (Å²) in [6.45, 7) is 6.43. The van der Waals surface area contributed by atoms with E-state index in [9.17, 15) is 4.79 Å². The molecule has 0 saturated carbocycles. The van der Waals surface area contributed by atoms with Gasteiger partial charge in [0.2, 0.25) is 0 Å². The van der Waals surface area contributed by atoms with Crippen molar-refractivity contribution in [3.8, 4) is 0 Å². The normalized spacial score (nSPS) is 10.8. The third-order valence-electron chi connectivity index (χ3n) is 3.29. The molecule has 0 bridgehead atoms. The Kier molecular flexibility index (Phi) is 5.96. The fourth-order valence-corrected chi connectivity index (χ4v) is 2.24. The Morgan fingerprint density at radius 3 is 1.94 bits per heavy atom. The predicted molar refractivity (Wildman–Crippen MR) is 73.5 cm³/mol. The van der Waals surface area contributed by atoms with E-state index in [4.69, 9.17) is 0 Å². The molecule has 0 aromatic heterocycles. The highest BCUT2D eigenvalue weighted by Crippen LogP contribution is 2.19. The zero-order valence-electron chi connectivity index (χ0n) is 11.3. The molecule has 0 saturated heterocycles. The number of hydrogen-bond acceptors (Lipinski definition) is 1. The van der Waals surface area contributed by atoms with E-state index in [1.165, 1.54) is 5.56 Å². The predicted octanol–water partition coefficient (Wildman–Crippen LogP) is 4.65. The number of Topliss-reactive ketones (excluding diaryl/α,β-unsaturated/α-hetero) is 1. The Bertz CT molecular complexity index is 331. The number of benzene rings is 1. The van der Waals surface area contributed by atoms with Crippen LogP contribution in [0.3, 0.4) is 0 Å². The monoisotopic (exact) mass is 232 g/mol. The zero-order valence-corrected chi connectivity index (χ0v) is 11.3. The molecule has 1 nitrogen and oxygen atoms in total. The fraction of sp³-hybridized carbons (Fsp3) is 0.562. The number of aryl methyl sites for hydroxylation is 1. The highest BCUT2D eigenvalue weighted by atomic mass is 16.1. The van der Waals surface area contributed by atoms with Gasteiger partial charge in [0.1, 0.15) is 0 Å². The van der Waals surface area contributed by atoms with Gasteiger partial charge < -0.3 is 0 Å². The topological polar surface area (TPSA) is 17.1 Å². The minimum atomic E-state index is 0.220. The van der Waals surface area contributed by atoms with Crippen molar-refractivity contribution in [2.75, 3.05) is 0 Å². The van der Waals surface area contributed by atoms with Gasteiger partial charge in [0.25, 0.3) is 0 Å². The van der Waals surface area contributed by atoms with Crippen molar-refractivity contribution in [3.63, 3.8) is 0 Å². The molecule has 0 fully saturated rings. The number of hydrogen-bond donors (Lipinski definition) is 0. The van der Waals surface area contributed by atoms with Crippen LogP contribution in [0.15, 0.2) is 24.3 Å². The van der Waals surface area contributed by atoms with Crippen LogP contribution < -0.4 is 0 Å². The highest BCUT2D eigenvalue weighted by Gasteiger charge is 2.17. The van der Waals surface area contributed by atoms with Gasteiger partial charge in [-0.2, -0.15) is 0 Å². The summed E-state index contributed by atoms with van der Waals surface area (Å²) in [5.74, 6) is 0.550. The van der Waals surface area contributed by atoms with E-state index < -0.39 is 0 Å². The van der Waals surface area contributed by atoms with Crippen molar-refractivity contribution in [3.05, 3.63) is 35.4 Å². The second-order valence-electron chi connectivity index (χ2n) is 4.69. The van der Waals surface area contributed by atoms with Crippen LogP contribution in [0.4, 0.5) is 0 Å². The average molecular weight is 232 g/mol. The van der Waals surface area contributed by atoms with Crippen molar-refractivity contribution in [2.45, 2.75) is 52.9 Å². The highest BCUT2D eigenvalue weighted by molar-refractivity contribution is 5.97. The van der Waals surface area contributed by atoms with Crippen molar-refractivity contribution in [1.82, 2.24) is 0 Å². The van der Waals surface area contributed by atoms with E-state index >= 15 is 0 Å². The van der Waals surface area contributed by atoms with E-state index in [1.807, 2.05) is 12.1 Å². The summed E-state index contributed by atoms with van der Waals surface area (Å²) in [6, 6.07) is 8.11. The molecule has 0 heterocycles. The smallest absolute Gasteiger partial charge is 0.165 e. The van der Waals surface area contributed by atoms with Gasteiger partial charge in [0.05, 0.1) is 0 Å². The summed E-state index contributed by atoms with van der Waals surface area (Å²) in [4.78, 5) is 12.3. The molecular formula is C16H24O. The Morgan fingerprint density at radius 2 is 1.53 bits per heavy atom. The average Bonchev–Trinajstić information content (AvgIpc) is 2.38. The standard InChI is InChI=1S/C16H24O/c1-4-7-14(8-5-2)16(17)15-11-9-13(6-3)10-12-15/h9-12,14H,4-8H2,1-3H3. The Hall–Kier alpha value is -1.11. The number of carbonyl (C=O) groups is 1. The first-order valence-electron chi connectivity index (χ1n) is 6.86. The van der Waals surface area contributed by atoms with E-state index in [2.05, 4.69) is 32.9 Å². The first kappa shape index (κ1) is 14.0. The zero-order chi connectivity index (χ0) is 12.7. The molecule has 17 heavy (non-hydrogen) atoms. The van der Waals surface area contributed by atoms with Gasteiger partial charge in [-0.1, -0.05) is 57.9 Å². The first-order valence-corrected chi connectivity index (χ1v) is 6.86. The lowest BCUT2D eigenvalue weighted by Crippen LogP contribution is -2.14. The molecule has 0 unspecified atom stereocenters. The van der Waals surface area contributed by atoms with Gasteiger partial charge in [-0.25, -0.2) is 0 Å². The SMILES string of the molecule is CCCC(CCC)C(=O)c1ccc(CC)cc1. The quantitative estimate of drug-likeness (QED) is 0.625. The van der Waals surface area contributed by atoms with E-state index in [0.29, 0.717) is 5.78 Å². The number of rotatable bonds is 7. The van der Waals surface area contributed by atoms with Gasteiger partial charge in [-0.15, -0.1) is 0 Å². The Balaban J connectivity index is 2.77.